The first-order valence-electron chi connectivity index (χ1n) is 5.59. The van der Waals surface area contributed by atoms with Crippen molar-refractivity contribution in [2.24, 2.45) is 0 Å². The van der Waals surface area contributed by atoms with Crippen LogP contribution in [0.25, 0.3) is 0 Å². The minimum absolute atomic E-state index is 0.0141. The molecule has 0 aromatic heterocycles. The van der Waals surface area contributed by atoms with Crippen LogP contribution in [0.4, 0.5) is 13.2 Å². The Hall–Kier alpha value is -1.20. The summed E-state index contributed by atoms with van der Waals surface area (Å²) < 4.78 is 45.1. The van der Waals surface area contributed by atoms with Gasteiger partial charge in [-0.25, -0.2) is 0 Å². The first-order valence-corrected chi connectivity index (χ1v) is 6.92. The maximum absolute atomic E-state index is 13.0. The molecule has 0 aliphatic heterocycles. The number of rotatable bonds is 3. The summed E-state index contributed by atoms with van der Waals surface area (Å²) >= 11 is 8.80. The number of alkyl halides is 4. The second-order valence-corrected chi connectivity index (χ2v) is 5.20. The fourth-order valence-corrected chi connectivity index (χ4v) is 2.17. The first kappa shape index (κ1) is 15.2. The predicted octanol–water partition coefficient (Wildman–Crippen LogP) is 6.00. The molecule has 20 heavy (non-hydrogen) atoms. The van der Waals surface area contributed by atoms with Gasteiger partial charge in [0.25, 0.3) is 0 Å². The van der Waals surface area contributed by atoms with Gasteiger partial charge in [-0.3, -0.25) is 0 Å². The zero-order chi connectivity index (χ0) is 14.8. The van der Waals surface area contributed by atoms with Crippen molar-refractivity contribution in [3.8, 4) is 11.5 Å². The van der Waals surface area contributed by atoms with Gasteiger partial charge >= 0.3 is 6.18 Å². The van der Waals surface area contributed by atoms with Gasteiger partial charge in [-0.2, -0.15) is 13.2 Å². The van der Waals surface area contributed by atoms with E-state index in [1.54, 1.807) is 24.3 Å². The lowest BCUT2D eigenvalue weighted by Crippen LogP contribution is -2.07. The Morgan fingerprint density at radius 3 is 2.45 bits per heavy atom. The molecule has 0 saturated carbocycles. The highest BCUT2D eigenvalue weighted by molar-refractivity contribution is 9.10. The Labute approximate surface area is 127 Å². The molecule has 0 saturated heterocycles. The highest BCUT2D eigenvalue weighted by atomic mass is 79.9. The minimum atomic E-state index is -4.50. The highest BCUT2D eigenvalue weighted by Gasteiger charge is 2.34. The van der Waals surface area contributed by atoms with Crippen LogP contribution in [0.3, 0.4) is 0 Å². The van der Waals surface area contributed by atoms with Gasteiger partial charge in [0, 0.05) is 10.4 Å². The second-order valence-electron chi connectivity index (χ2n) is 4.02. The van der Waals surface area contributed by atoms with Gasteiger partial charge in [-0.05, 0) is 35.9 Å². The van der Waals surface area contributed by atoms with Crippen LogP contribution in [0.5, 0.6) is 11.5 Å². The number of halogens is 5. The second kappa shape index (κ2) is 6.06. The van der Waals surface area contributed by atoms with E-state index in [0.717, 1.165) is 10.5 Å². The van der Waals surface area contributed by atoms with E-state index in [1.807, 2.05) is 0 Å². The molecule has 0 aliphatic rings. The molecule has 2 aromatic carbocycles. The lowest BCUT2D eigenvalue weighted by atomic mass is 10.1. The van der Waals surface area contributed by atoms with Crippen LogP contribution in [0, 0.1) is 0 Å². The quantitative estimate of drug-likeness (QED) is 0.606. The molecule has 6 heteroatoms. The number of hydrogen-bond donors (Lipinski definition) is 0. The Morgan fingerprint density at radius 2 is 1.85 bits per heavy atom. The van der Waals surface area contributed by atoms with Crippen molar-refractivity contribution < 1.29 is 17.9 Å². The van der Waals surface area contributed by atoms with Gasteiger partial charge < -0.3 is 4.74 Å². The summed E-state index contributed by atoms with van der Waals surface area (Å²) in [7, 11) is 0. The fourth-order valence-electron chi connectivity index (χ4n) is 1.63. The highest BCUT2D eigenvalue weighted by Crippen LogP contribution is 2.39. The Kier molecular flexibility index (Phi) is 4.60. The third-order valence-corrected chi connectivity index (χ3v) is 3.33. The van der Waals surface area contributed by atoms with Gasteiger partial charge in [0.2, 0.25) is 0 Å². The van der Waals surface area contributed by atoms with Crippen molar-refractivity contribution in [2.75, 3.05) is 0 Å². The molecular weight excluding hydrogens is 357 g/mol. The van der Waals surface area contributed by atoms with Crippen LogP contribution in [0.2, 0.25) is 0 Å². The van der Waals surface area contributed by atoms with Gasteiger partial charge in [0.05, 0.1) is 5.56 Å². The lowest BCUT2D eigenvalue weighted by molar-refractivity contribution is -0.138. The maximum atomic E-state index is 13.0. The van der Waals surface area contributed by atoms with Crippen molar-refractivity contribution in [3.63, 3.8) is 0 Å². The molecular formula is C14H9BrClF3O. The van der Waals surface area contributed by atoms with Crippen molar-refractivity contribution >= 4 is 27.5 Å². The molecule has 0 spiro atoms. The lowest BCUT2D eigenvalue weighted by Gasteiger charge is -2.14. The summed E-state index contributed by atoms with van der Waals surface area (Å²) in [6.07, 6.45) is -4.50. The molecule has 0 N–H and O–H groups in total. The largest absolute Gasteiger partial charge is 0.457 e. The standard InChI is InChI=1S/C14H9BrClF3O/c15-10-2-1-3-11(7-10)20-13-5-4-9(8-16)6-12(13)14(17,18)19/h1-7H,8H2. The number of benzene rings is 2. The van der Waals surface area contributed by atoms with Gasteiger partial charge in [0.15, 0.2) is 0 Å². The Bertz CT molecular complexity index is 614. The van der Waals surface area contributed by atoms with Crippen LogP contribution in [0.15, 0.2) is 46.9 Å². The van der Waals surface area contributed by atoms with Crippen LogP contribution in [-0.2, 0) is 12.1 Å². The van der Waals surface area contributed by atoms with Crippen LogP contribution in [-0.4, -0.2) is 0 Å². The van der Waals surface area contributed by atoms with Gasteiger partial charge in [-0.1, -0.05) is 28.1 Å². The van der Waals surface area contributed by atoms with Crippen molar-refractivity contribution in [1.82, 2.24) is 0 Å². The molecule has 0 atom stereocenters. The van der Waals surface area contributed by atoms with Crippen LogP contribution in [0.1, 0.15) is 11.1 Å². The van der Waals surface area contributed by atoms with E-state index in [0.29, 0.717) is 11.3 Å². The van der Waals surface area contributed by atoms with Gasteiger partial charge in [-0.15, -0.1) is 11.6 Å². The van der Waals surface area contributed by atoms with Crippen molar-refractivity contribution in [2.45, 2.75) is 12.1 Å². The van der Waals surface area contributed by atoms with E-state index < -0.39 is 11.7 Å². The zero-order valence-electron chi connectivity index (χ0n) is 10.0. The molecule has 0 heterocycles. The summed E-state index contributed by atoms with van der Waals surface area (Å²) in [4.78, 5) is 0. The van der Waals surface area contributed by atoms with Gasteiger partial charge in [0.1, 0.15) is 11.5 Å². The molecule has 0 unspecified atom stereocenters. The van der Waals surface area contributed by atoms with E-state index in [2.05, 4.69) is 15.9 Å². The summed E-state index contributed by atoms with van der Waals surface area (Å²) in [5.74, 6) is 0.0910. The molecule has 106 valence electrons. The van der Waals surface area contributed by atoms with E-state index in [9.17, 15) is 13.2 Å². The van der Waals surface area contributed by atoms with Crippen LogP contribution >= 0.6 is 27.5 Å². The van der Waals surface area contributed by atoms with Crippen molar-refractivity contribution in [1.29, 1.82) is 0 Å². The monoisotopic (exact) mass is 364 g/mol. The maximum Gasteiger partial charge on any atom is 0.419 e. The zero-order valence-corrected chi connectivity index (χ0v) is 12.4. The average molecular weight is 366 g/mol. The fraction of sp³-hybridized carbons (Fsp3) is 0.143. The molecule has 2 aromatic rings. The van der Waals surface area contributed by atoms with Crippen molar-refractivity contribution in [3.05, 3.63) is 58.1 Å². The normalized spacial score (nSPS) is 11.4. The number of ether oxygens (including phenoxy) is 1. The first-order chi connectivity index (χ1) is 9.40. The average Bonchev–Trinajstić information content (AvgIpc) is 2.38. The predicted molar refractivity (Wildman–Crippen MR) is 75.2 cm³/mol. The molecule has 1 nitrogen and oxygen atoms in total. The van der Waals surface area contributed by atoms with Crippen LogP contribution < -0.4 is 4.74 Å². The topological polar surface area (TPSA) is 9.23 Å². The summed E-state index contributed by atoms with van der Waals surface area (Å²) in [5, 5.41) is 0. The summed E-state index contributed by atoms with van der Waals surface area (Å²) in [5.41, 5.74) is -0.448. The third-order valence-electron chi connectivity index (χ3n) is 2.53. The molecule has 0 aliphatic carbocycles. The SMILES string of the molecule is FC(F)(F)c1cc(CCl)ccc1Oc1cccc(Br)c1. The Morgan fingerprint density at radius 1 is 1.10 bits per heavy atom. The minimum Gasteiger partial charge on any atom is -0.457 e. The molecule has 0 bridgehead atoms. The third kappa shape index (κ3) is 3.67. The molecule has 0 radical (unpaired) electrons. The molecule has 2 rings (SSSR count). The molecule has 0 amide bonds. The van der Waals surface area contributed by atoms with E-state index in [4.69, 9.17) is 16.3 Å². The Balaban J connectivity index is 2.41. The summed E-state index contributed by atoms with van der Waals surface area (Å²) in [6, 6.07) is 10.4. The van der Waals surface area contributed by atoms with E-state index >= 15 is 0 Å². The van der Waals surface area contributed by atoms with E-state index in [-0.39, 0.29) is 11.6 Å². The van der Waals surface area contributed by atoms with E-state index in [1.165, 1.54) is 12.1 Å². The smallest absolute Gasteiger partial charge is 0.419 e. The number of hydrogen-bond acceptors (Lipinski definition) is 1. The molecule has 0 fully saturated rings. The summed E-state index contributed by atoms with van der Waals surface area (Å²) in [6.45, 7) is 0.